The van der Waals surface area contributed by atoms with Crippen LogP contribution in [0.2, 0.25) is 5.02 Å². The molecule has 0 aliphatic heterocycles. The van der Waals surface area contributed by atoms with E-state index in [1.807, 2.05) is 54.0 Å². The maximum Gasteiger partial charge on any atom is 0.319 e. The average molecular weight is 554 g/mol. The van der Waals surface area contributed by atoms with E-state index in [-0.39, 0.29) is 6.54 Å². The zero-order chi connectivity index (χ0) is 27.1. The van der Waals surface area contributed by atoms with Crippen LogP contribution in [0.4, 0.5) is 10.5 Å². The zero-order valence-electron chi connectivity index (χ0n) is 21.4. The maximum atomic E-state index is 12.7. The predicted molar refractivity (Wildman–Crippen MR) is 149 cm³/mol. The largest absolute Gasteiger partial charge is 0.497 e. The van der Waals surface area contributed by atoms with Crippen molar-refractivity contribution in [2.45, 2.75) is 24.4 Å². The lowest BCUT2D eigenvalue weighted by molar-refractivity contribution is 0.251. The van der Waals surface area contributed by atoms with Crippen molar-refractivity contribution in [2.24, 2.45) is 0 Å². The average Bonchev–Trinajstić information content (AvgIpc) is 3.34. The van der Waals surface area contributed by atoms with Crippen LogP contribution in [0.5, 0.6) is 17.2 Å². The van der Waals surface area contributed by atoms with Crippen LogP contribution >= 0.6 is 23.4 Å². The standard InChI is InChI=1S/C27H28ClN5O4S/c1-17-8-9-19(28)11-24(17)33-25(31-32-27(33)38-16-18-6-5-7-21(10-18)35-2)15-29-26(34)30-20-12-22(36-3)14-23(13-20)37-4/h5-14H,15-16H2,1-4H3,(H2,29,30,34). The number of aromatic nitrogens is 3. The Morgan fingerprint density at radius 1 is 0.947 bits per heavy atom. The first-order chi connectivity index (χ1) is 18.4. The monoisotopic (exact) mass is 553 g/mol. The molecular weight excluding hydrogens is 526 g/mol. The van der Waals surface area contributed by atoms with Gasteiger partial charge in [0.2, 0.25) is 0 Å². The Morgan fingerprint density at radius 2 is 1.68 bits per heavy atom. The van der Waals surface area contributed by atoms with E-state index in [9.17, 15) is 4.79 Å². The van der Waals surface area contributed by atoms with Crippen molar-refractivity contribution >= 4 is 35.1 Å². The van der Waals surface area contributed by atoms with Crippen molar-refractivity contribution in [2.75, 3.05) is 26.6 Å². The Kier molecular flexibility index (Phi) is 8.98. The quantitative estimate of drug-likeness (QED) is 0.237. The molecule has 2 amide bonds. The third-order valence-electron chi connectivity index (χ3n) is 5.63. The van der Waals surface area contributed by atoms with Gasteiger partial charge in [-0.2, -0.15) is 0 Å². The van der Waals surface area contributed by atoms with Crippen LogP contribution in [-0.4, -0.2) is 42.1 Å². The number of aryl methyl sites for hydroxylation is 1. The summed E-state index contributed by atoms with van der Waals surface area (Å²) in [7, 11) is 4.74. The number of nitrogens with one attached hydrogen (secondary N) is 2. The van der Waals surface area contributed by atoms with E-state index in [2.05, 4.69) is 20.8 Å². The minimum absolute atomic E-state index is 0.131. The number of anilines is 1. The number of urea groups is 1. The number of carbonyl (C=O) groups is 1. The summed E-state index contributed by atoms with van der Waals surface area (Å²) in [4.78, 5) is 12.7. The molecule has 0 radical (unpaired) electrons. The summed E-state index contributed by atoms with van der Waals surface area (Å²) >= 11 is 7.87. The van der Waals surface area contributed by atoms with E-state index in [4.69, 9.17) is 25.8 Å². The first kappa shape index (κ1) is 27.2. The van der Waals surface area contributed by atoms with E-state index in [1.54, 1.807) is 39.5 Å². The highest BCUT2D eigenvalue weighted by Gasteiger charge is 2.18. The van der Waals surface area contributed by atoms with Crippen molar-refractivity contribution in [1.29, 1.82) is 0 Å². The van der Waals surface area contributed by atoms with Crippen LogP contribution in [0.25, 0.3) is 5.69 Å². The number of methoxy groups -OCH3 is 3. The SMILES string of the molecule is COc1cccc(CSc2nnc(CNC(=O)Nc3cc(OC)cc(OC)c3)n2-c2cc(Cl)ccc2C)c1. The molecule has 0 aliphatic rings. The first-order valence-corrected chi connectivity index (χ1v) is 13.0. The van der Waals surface area contributed by atoms with Gasteiger partial charge in [0.25, 0.3) is 0 Å². The number of halogens is 1. The summed E-state index contributed by atoms with van der Waals surface area (Å²) in [6, 6.07) is 18.2. The lowest BCUT2D eigenvalue weighted by Crippen LogP contribution is -2.29. The molecule has 38 heavy (non-hydrogen) atoms. The molecule has 0 spiro atoms. The Hall–Kier alpha value is -3.89. The first-order valence-electron chi connectivity index (χ1n) is 11.6. The van der Waals surface area contributed by atoms with E-state index in [0.29, 0.717) is 38.9 Å². The zero-order valence-corrected chi connectivity index (χ0v) is 23.0. The smallest absolute Gasteiger partial charge is 0.319 e. The van der Waals surface area contributed by atoms with Gasteiger partial charge in [-0.25, -0.2) is 4.79 Å². The molecule has 0 atom stereocenters. The summed E-state index contributed by atoms with van der Waals surface area (Å²) in [5.74, 6) is 3.13. The molecule has 4 rings (SSSR count). The van der Waals surface area contributed by atoms with Crippen LogP contribution in [0.15, 0.2) is 65.8 Å². The Balaban J connectivity index is 1.55. The van der Waals surface area contributed by atoms with Crippen LogP contribution < -0.4 is 24.8 Å². The summed E-state index contributed by atoms with van der Waals surface area (Å²) in [5.41, 5.74) is 3.44. The second-order valence-corrected chi connectivity index (χ2v) is 9.59. The fraction of sp³-hybridized carbons (Fsp3) is 0.222. The number of rotatable bonds is 10. The molecule has 2 N–H and O–H groups in total. The number of benzene rings is 3. The van der Waals surface area contributed by atoms with Crippen molar-refractivity contribution in [3.8, 4) is 22.9 Å². The molecule has 1 heterocycles. The summed E-state index contributed by atoms with van der Waals surface area (Å²) < 4.78 is 17.8. The normalized spacial score (nSPS) is 10.7. The maximum absolute atomic E-state index is 12.7. The molecule has 3 aromatic carbocycles. The number of hydrogen-bond donors (Lipinski definition) is 2. The fourth-order valence-electron chi connectivity index (χ4n) is 3.70. The third-order valence-corrected chi connectivity index (χ3v) is 6.87. The molecule has 11 heteroatoms. The van der Waals surface area contributed by atoms with Gasteiger partial charge in [0.1, 0.15) is 17.2 Å². The molecule has 0 aliphatic carbocycles. The molecule has 9 nitrogen and oxygen atoms in total. The van der Waals surface area contributed by atoms with Gasteiger partial charge in [-0.15, -0.1) is 10.2 Å². The van der Waals surface area contributed by atoms with Crippen LogP contribution in [-0.2, 0) is 12.3 Å². The minimum Gasteiger partial charge on any atom is -0.497 e. The minimum atomic E-state index is -0.414. The van der Waals surface area contributed by atoms with E-state index >= 15 is 0 Å². The number of amides is 2. The highest BCUT2D eigenvalue weighted by molar-refractivity contribution is 7.98. The highest BCUT2D eigenvalue weighted by Crippen LogP contribution is 2.29. The number of carbonyl (C=O) groups excluding carboxylic acids is 1. The lowest BCUT2D eigenvalue weighted by atomic mass is 10.2. The molecule has 4 aromatic rings. The molecule has 198 valence electrons. The molecule has 0 saturated carbocycles. The number of hydrogen-bond acceptors (Lipinski definition) is 7. The van der Waals surface area contributed by atoms with Crippen molar-refractivity contribution in [1.82, 2.24) is 20.1 Å². The van der Waals surface area contributed by atoms with Gasteiger partial charge in [-0.3, -0.25) is 4.57 Å². The number of nitrogens with zero attached hydrogens (tertiary/aromatic N) is 3. The van der Waals surface area contributed by atoms with Crippen LogP contribution in [0.3, 0.4) is 0 Å². The van der Waals surface area contributed by atoms with Gasteiger partial charge in [0.15, 0.2) is 11.0 Å². The van der Waals surface area contributed by atoms with Crippen LogP contribution in [0.1, 0.15) is 17.0 Å². The molecule has 1 aromatic heterocycles. The summed E-state index contributed by atoms with van der Waals surface area (Å²) in [5, 5.41) is 15.7. The van der Waals surface area contributed by atoms with E-state index in [0.717, 1.165) is 22.6 Å². The molecule has 0 saturated heterocycles. The molecule has 0 unspecified atom stereocenters. The highest BCUT2D eigenvalue weighted by atomic mass is 35.5. The second kappa shape index (κ2) is 12.6. The van der Waals surface area contributed by atoms with E-state index < -0.39 is 6.03 Å². The Labute approximate surface area is 230 Å². The van der Waals surface area contributed by atoms with Crippen LogP contribution in [0, 0.1) is 6.92 Å². The van der Waals surface area contributed by atoms with Gasteiger partial charge >= 0.3 is 6.03 Å². The fourth-order valence-corrected chi connectivity index (χ4v) is 4.77. The van der Waals surface area contributed by atoms with Gasteiger partial charge < -0.3 is 24.8 Å². The molecule has 0 fully saturated rings. The van der Waals surface area contributed by atoms with E-state index in [1.165, 1.54) is 11.8 Å². The Morgan fingerprint density at radius 3 is 2.39 bits per heavy atom. The van der Waals surface area contributed by atoms with Crippen molar-refractivity contribution in [3.63, 3.8) is 0 Å². The van der Waals surface area contributed by atoms with Crippen molar-refractivity contribution < 1.29 is 19.0 Å². The van der Waals surface area contributed by atoms with Gasteiger partial charge in [-0.05, 0) is 42.3 Å². The summed E-state index contributed by atoms with van der Waals surface area (Å²) in [6.45, 7) is 2.12. The predicted octanol–water partition coefficient (Wildman–Crippen LogP) is 5.87. The molecular formula is C27H28ClN5O4S. The van der Waals surface area contributed by atoms with Crippen molar-refractivity contribution in [3.05, 3.63) is 82.6 Å². The second-order valence-electron chi connectivity index (χ2n) is 8.21. The van der Waals surface area contributed by atoms with Gasteiger partial charge in [0, 0.05) is 34.7 Å². The van der Waals surface area contributed by atoms with Gasteiger partial charge in [0.05, 0.1) is 33.6 Å². The number of thioether (sulfide) groups is 1. The lowest BCUT2D eigenvalue weighted by Gasteiger charge is -2.14. The summed E-state index contributed by atoms with van der Waals surface area (Å²) in [6.07, 6.45) is 0. The Bertz CT molecular complexity index is 1410. The van der Waals surface area contributed by atoms with Gasteiger partial charge in [-0.1, -0.05) is 41.6 Å². The topological polar surface area (TPSA) is 99.5 Å². The third kappa shape index (κ3) is 6.70. The number of ether oxygens (including phenoxy) is 3. The molecule has 0 bridgehead atoms.